The van der Waals surface area contributed by atoms with E-state index in [1.54, 1.807) is 6.26 Å². The molecule has 0 bridgehead atoms. The minimum absolute atomic E-state index is 0.477. The zero-order valence-electron chi connectivity index (χ0n) is 10.3. The molecule has 0 fully saturated rings. The molecular weight excluding hydrogens is 186 g/mol. The van der Waals surface area contributed by atoms with Crippen molar-refractivity contribution in [2.75, 3.05) is 0 Å². The van der Waals surface area contributed by atoms with Gasteiger partial charge in [0.15, 0.2) is 0 Å². The summed E-state index contributed by atoms with van der Waals surface area (Å²) in [6.45, 7) is 8.97. The van der Waals surface area contributed by atoms with Crippen molar-refractivity contribution in [1.82, 2.24) is 5.32 Å². The number of furan rings is 1. The van der Waals surface area contributed by atoms with Crippen LogP contribution < -0.4 is 5.32 Å². The third-order valence-electron chi connectivity index (χ3n) is 2.48. The first-order chi connectivity index (χ1) is 7.08. The predicted octanol–water partition coefficient (Wildman–Crippen LogP) is 3.23. The molecule has 2 heteroatoms. The monoisotopic (exact) mass is 209 g/mol. The summed E-state index contributed by atoms with van der Waals surface area (Å²) in [5.41, 5.74) is 0. The topological polar surface area (TPSA) is 25.2 Å². The van der Waals surface area contributed by atoms with Crippen LogP contribution in [0.3, 0.4) is 0 Å². The highest BCUT2D eigenvalue weighted by molar-refractivity contribution is 5.00. The van der Waals surface area contributed by atoms with Gasteiger partial charge in [0.05, 0.1) is 6.26 Å². The number of nitrogens with one attached hydrogen (secondary N) is 1. The van der Waals surface area contributed by atoms with Gasteiger partial charge >= 0.3 is 0 Å². The molecule has 0 aliphatic carbocycles. The normalized spacial score (nSPS) is 15.5. The van der Waals surface area contributed by atoms with Crippen LogP contribution in [0.15, 0.2) is 22.8 Å². The van der Waals surface area contributed by atoms with Crippen molar-refractivity contribution in [2.45, 2.75) is 52.6 Å². The second-order valence-electron chi connectivity index (χ2n) is 4.88. The molecule has 0 amide bonds. The lowest BCUT2D eigenvalue weighted by molar-refractivity contribution is 0.383. The van der Waals surface area contributed by atoms with Gasteiger partial charge in [-0.25, -0.2) is 0 Å². The first-order valence-electron chi connectivity index (χ1n) is 5.86. The van der Waals surface area contributed by atoms with Crippen molar-refractivity contribution in [2.24, 2.45) is 5.92 Å². The van der Waals surface area contributed by atoms with Crippen LogP contribution in [0.2, 0.25) is 0 Å². The summed E-state index contributed by atoms with van der Waals surface area (Å²) in [7, 11) is 0. The Morgan fingerprint density at radius 3 is 2.47 bits per heavy atom. The summed E-state index contributed by atoms with van der Waals surface area (Å²) in [5.74, 6) is 1.81. The maximum Gasteiger partial charge on any atom is 0.105 e. The Morgan fingerprint density at radius 2 is 1.93 bits per heavy atom. The van der Waals surface area contributed by atoms with Gasteiger partial charge in [0.2, 0.25) is 0 Å². The standard InChI is InChI=1S/C13H23NO/c1-10(2)8-11(3)14-12(4)9-13-6-5-7-15-13/h5-7,10-12,14H,8-9H2,1-4H3. The molecule has 1 aromatic heterocycles. The molecule has 86 valence electrons. The molecule has 2 unspecified atom stereocenters. The van der Waals surface area contributed by atoms with Crippen molar-refractivity contribution in [3.8, 4) is 0 Å². The molecule has 1 heterocycles. The molecule has 0 spiro atoms. The van der Waals surface area contributed by atoms with Gasteiger partial charge in [-0.05, 0) is 38.3 Å². The average molecular weight is 209 g/mol. The van der Waals surface area contributed by atoms with Crippen LogP contribution in [0.4, 0.5) is 0 Å². The van der Waals surface area contributed by atoms with E-state index in [4.69, 9.17) is 4.42 Å². The predicted molar refractivity (Wildman–Crippen MR) is 63.9 cm³/mol. The summed E-state index contributed by atoms with van der Waals surface area (Å²) < 4.78 is 5.33. The van der Waals surface area contributed by atoms with E-state index >= 15 is 0 Å². The van der Waals surface area contributed by atoms with Crippen molar-refractivity contribution >= 4 is 0 Å². The number of hydrogen-bond donors (Lipinski definition) is 1. The van der Waals surface area contributed by atoms with Gasteiger partial charge in [-0.3, -0.25) is 0 Å². The largest absolute Gasteiger partial charge is 0.469 e. The smallest absolute Gasteiger partial charge is 0.105 e. The molecule has 0 saturated heterocycles. The van der Waals surface area contributed by atoms with Crippen molar-refractivity contribution in [3.05, 3.63) is 24.2 Å². The Kier molecular flexibility index (Phi) is 4.89. The summed E-state index contributed by atoms with van der Waals surface area (Å²) >= 11 is 0. The van der Waals surface area contributed by atoms with Crippen LogP contribution in [-0.4, -0.2) is 12.1 Å². The fraction of sp³-hybridized carbons (Fsp3) is 0.692. The lowest BCUT2D eigenvalue weighted by Gasteiger charge is -2.20. The molecule has 1 rings (SSSR count). The van der Waals surface area contributed by atoms with Crippen LogP contribution in [-0.2, 0) is 6.42 Å². The van der Waals surface area contributed by atoms with Crippen LogP contribution in [0.25, 0.3) is 0 Å². The van der Waals surface area contributed by atoms with Crippen molar-refractivity contribution in [1.29, 1.82) is 0 Å². The quantitative estimate of drug-likeness (QED) is 0.778. The summed E-state index contributed by atoms with van der Waals surface area (Å²) in [4.78, 5) is 0. The molecule has 2 atom stereocenters. The van der Waals surface area contributed by atoms with Crippen molar-refractivity contribution < 1.29 is 4.42 Å². The second-order valence-corrected chi connectivity index (χ2v) is 4.88. The first kappa shape index (κ1) is 12.3. The maximum atomic E-state index is 5.33. The summed E-state index contributed by atoms with van der Waals surface area (Å²) in [6.07, 6.45) is 3.93. The molecule has 0 aliphatic heterocycles. The average Bonchev–Trinajstić information content (AvgIpc) is 2.53. The van der Waals surface area contributed by atoms with E-state index in [9.17, 15) is 0 Å². The highest BCUT2D eigenvalue weighted by Crippen LogP contribution is 2.08. The Bertz CT molecular complexity index is 254. The highest BCUT2D eigenvalue weighted by Gasteiger charge is 2.10. The molecular formula is C13H23NO. The fourth-order valence-electron chi connectivity index (χ4n) is 2.05. The summed E-state index contributed by atoms with van der Waals surface area (Å²) in [5, 5.41) is 3.59. The molecule has 0 aromatic carbocycles. The van der Waals surface area contributed by atoms with Crippen LogP contribution >= 0.6 is 0 Å². The van der Waals surface area contributed by atoms with E-state index in [-0.39, 0.29) is 0 Å². The summed E-state index contributed by atoms with van der Waals surface area (Å²) in [6, 6.07) is 5.03. The van der Waals surface area contributed by atoms with E-state index in [1.165, 1.54) is 6.42 Å². The SMILES string of the molecule is CC(C)CC(C)NC(C)Cc1ccco1. The molecule has 0 radical (unpaired) electrons. The van der Waals surface area contributed by atoms with E-state index < -0.39 is 0 Å². The van der Waals surface area contributed by atoms with Gasteiger partial charge in [-0.1, -0.05) is 13.8 Å². The molecule has 1 N–H and O–H groups in total. The Hall–Kier alpha value is -0.760. The lowest BCUT2D eigenvalue weighted by Crippen LogP contribution is -2.36. The zero-order valence-corrected chi connectivity index (χ0v) is 10.3. The first-order valence-corrected chi connectivity index (χ1v) is 5.86. The van der Waals surface area contributed by atoms with E-state index in [0.717, 1.165) is 18.1 Å². The molecule has 0 saturated carbocycles. The van der Waals surface area contributed by atoms with Crippen LogP contribution in [0.5, 0.6) is 0 Å². The van der Waals surface area contributed by atoms with Crippen LogP contribution in [0.1, 0.15) is 39.9 Å². The minimum atomic E-state index is 0.477. The Labute approximate surface area is 93.1 Å². The van der Waals surface area contributed by atoms with Crippen molar-refractivity contribution in [3.63, 3.8) is 0 Å². The number of rotatable bonds is 6. The van der Waals surface area contributed by atoms with E-state index in [0.29, 0.717) is 12.1 Å². The number of hydrogen-bond acceptors (Lipinski definition) is 2. The second kappa shape index (κ2) is 5.96. The molecule has 0 aliphatic rings. The van der Waals surface area contributed by atoms with Gasteiger partial charge in [-0.15, -0.1) is 0 Å². The Balaban J connectivity index is 2.26. The van der Waals surface area contributed by atoms with Crippen LogP contribution in [0, 0.1) is 5.92 Å². The van der Waals surface area contributed by atoms with E-state index in [2.05, 4.69) is 33.0 Å². The minimum Gasteiger partial charge on any atom is -0.469 e. The van der Waals surface area contributed by atoms with Gasteiger partial charge < -0.3 is 9.73 Å². The third-order valence-corrected chi connectivity index (χ3v) is 2.48. The van der Waals surface area contributed by atoms with Gasteiger partial charge in [0.25, 0.3) is 0 Å². The molecule has 15 heavy (non-hydrogen) atoms. The van der Waals surface area contributed by atoms with Gasteiger partial charge in [-0.2, -0.15) is 0 Å². The van der Waals surface area contributed by atoms with E-state index in [1.807, 2.05) is 12.1 Å². The Morgan fingerprint density at radius 1 is 1.20 bits per heavy atom. The maximum absolute atomic E-state index is 5.33. The zero-order chi connectivity index (χ0) is 11.3. The lowest BCUT2D eigenvalue weighted by atomic mass is 10.0. The molecule has 2 nitrogen and oxygen atoms in total. The fourth-order valence-corrected chi connectivity index (χ4v) is 2.05. The van der Waals surface area contributed by atoms with Gasteiger partial charge in [0, 0.05) is 18.5 Å². The third kappa shape index (κ3) is 5.03. The van der Waals surface area contributed by atoms with Gasteiger partial charge in [0.1, 0.15) is 5.76 Å². The molecule has 1 aromatic rings. The highest BCUT2D eigenvalue weighted by atomic mass is 16.3.